The van der Waals surface area contributed by atoms with Gasteiger partial charge < -0.3 is 4.42 Å². The molecule has 0 saturated heterocycles. The lowest BCUT2D eigenvalue weighted by Gasteiger charge is -2.05. The summed E-state index contributed by atoms with van der Waals surface area (Å²) in [6, 6.07) is 14.1. The van der Waals surface area contributed by atoms with Crippen molar-refractivity contribution in [1.82, 2.24) is 10.2 Å². The summed E-state index contributed by atoms with van der Waals surface area (Å²) in [7, 11) is 0. The van der Waals surface area contributed by atoms with E-state index in [1.54, 1.807) is 6.08 Å². The first-order valence-corrected chi connectivity index (χ1v) is 6.77. The van der Waals surface area contributed by atoms with E-state index in [4.69, 9.17) is 4.42 Å². The first kappa shape index (κ1) is 15.0. The normalized spacial score (nSPS) is 12.0. The number of hydrogen-bond acceptors (Lipinski definition) is 3. The number of aromatic nitrogens is 2. The molecule has 0 bridgehead atoms. The molecule has 0 N–H and O–H groups in total. The Hall–Kier alpha value is -2.89. The van der Waals surface area contributed by atoms with E-state index in [-0.39, 0.29) is 11.8 Å². The summed E-state index contributed by atoms with van der Waals surface area (Å²) in [6.07, 6.45) is -0.906. The number of benzene rings is 2. The number of rotatable bonds is 3. The van der Waals surface area contributed by atoms with Gasteiger partial charge in [-0.1, -0.05) is 30.3 Å². The molecule has 0 unspecified atom stereocenters. The van der Waals surface area contributed by atoms with Gasteiger partial charge in [0, 0.05) is 11.6 Å². The Kier molecular flexibility index (Phi) is 3.97. The van der Waals surface area contributed by atoms with Gasteiger partial charge in [-0.15, -0.1) is 10.2 Å². The van der Waals surface area contributed by atoms with Crippen molar-refractivity contribution in [2.45, 2.75) is 6.18 Å². The maximum atomic E-state index is 12.5. The van der Waals surface area contributed by atoms with Crippen LogP contribution < -0.4 is 0 Å². The van der Waals surface area contributed by atoms with Crippen molar-refractivity contribution in [2.24, 2.45) is 0 Å². The Morgan fingerprint density at radius 1 is 0.826 bits per heavy atom. The van der Waals surface area contributed by atoms with Crippen LogP contribution in [0.3, 0.4) is 0 Å². The summed E-state index contributed by atoms with van der Waals surface area (Å²) in [5.41, 5.74) is 0.691. The molecular formula is C17H11F3N2O. The molecule has 3 rings (SSSR count). The molecular weight excluding hydrogens is 305 g/mol. The molecule has 6 heteroatoms. The zero-order valence-electron chi connectivity index (χ0n) is 11.8. The fourth-order valence-corrected chi connectivity index (χ4v) is 1.95. The Morgan fingerprint density at radius 3 is 2.17 bits per heavy atom. The van der Waals surface area contributed by atoms with Crippen molar-refractivity contribution in [3.8, 4) is 11.5 Å². The Labute approximate surface area is 130 Å². The van der Waals surface area contributed by atoms with Crippen LogP contribution in [0, 0.1) is 0 Å². The van der Waals surface area contributed by atoms with E-state index in [0.29, 0.717) is 5.56 Å². The predicted molar refractivity (Wildman–Crippen MR) is 80.1 cm³/mol. The van der Waals surface area contributed by atoms with Crippen molar-refractivity contribution >= 4 is 12.2 Å². The zero-order chi connectivity index (χ0) is 16.3. The second-order valence-electron chi connectivity index (χ2n) is 4.76. The molecule has 0 amide bonds. The minimum absolute atomic E-state index is 0.173. The van der Waals surface area contributed by atoms with Crippen molar-refractivity contribution in [2.75, 3.05) is 0 Å². The van der Waals surface area contributed by atoms with Crippen LogP contribution in [-0.4, -0.2) is 10.2 Å². The van der Waals surface area contributed by atoms with Crippen LogP contribution in [0.2, 0.25) is 0 Å². The van der Waals surface area contributed by atoms with Gasteiger partial charge >= 0.3 is 6.18 Å². The SMILES string of the molecule is FC(F)(F)c1ccc(-c2nnc(/C=C/c3ccccc3)o2)cc1. The first-order chi connectivity index (χ1) is 11.0. The second kappa shape index (κ2) is 6.08. The van der Waals surface area contributed by atoms with Crippen LogP contribution in [0.25, 0.3) is 23.6 Å². The van der Waals surface area contributed by atoms with Crippen LogP contribution >= 0.6 is 0 Å². The molecule has 0 radical (unpaired) electrons. The molecule has 3 nitrogen and oxygen atoms in total. The van der Waals surface area contributed by atoms with Gasteiger partial charge in [-0.2, -0.15) is 13.2 Å². The van der Waals surface area contributed by atoms with Crippen LogP contribution in [0.15, 0.2) is 59.0 Å². The highest BCUT2D eigenvalue weighted by Gasteiger charge is 2.30. The number of alkyl halides is 3. The summed E-state index contributed by atoms with van der Waals surface area (Å²) >= 11 is 0. The maximum Gasteiger partial charge on any atom is 0.416 e. The van der Waals surface area contributed by atoms with E-state index in [1.165, 1.54) is 12.1 Å². The second-order valence-corrected chi connectivity index (χ2v) is 4.76. The maximum absolute atomic E-state index is 12.5. The van der Waals surface area contributed by atoms with Gasteiger partial charge in [0.05, 0.1) is 5.56 Å². The van der Waals surface area contributed by atoms with Crippen LogP contribution in [0.1, 0.15) is 17.0 Å². The standard InChI is InChI=1S/C17H11F3N2O/c18-17(19,20)14-9-7-13(8-10-14)16-22-21-15(23-16)11-6-12-4-2-1-3-5-12/h1-11H/b11-6+. The highest BCUT2D eigenvalue weighted by molar-refractivity contribution is 5.66. The summed E-state index contributed by atoms with van der Waals surface area (Å²) < 4.78 is 43.0. The van der Waals surface area contributed by atoms with Gasteiger partial charge in [0.15, 0.2) is 0 Å². The number of nitrogens with zero attached hydrogens (tertiary/aromatic N) is 2. The van der Waals surface area contributed by atoms with Gasteiger partial charge in [-0.05, 0) is 35.9 Å². The molecule has 23 heavy (non-hydrogen) atoms. The molecule has 1 aromatic heterocycles. The van der Waals surface area contributed by atoms with Gasteiger partial charge in [-0.25, -0.2) is 0 Å². The predicted octanol–water partition coefficient (Wildman–Crippen LogP) is 4.93. The summed E-state index contributed by atoms with van der Waals surface area (Å²) in [5, 5.41) is 7.69. The van der Waals surface area contributed by atoms with E-state index in [9.17, 15) is 13.2 Å². The average molecular weight is 316 g/mol. The third kappa shape index (κ3) is 3.66. The van der Waals surface area contributed by atoms with Gasteiger partial charge in [0.25, 0.3) is 0 Å². The molecule has 0 atom stereocenters. The van der Waals surface area contributed by atoms with Gasteiger partial charge in [0.2, 0.25) is 11.8 Å². The summed E-state index contributed by atoms with van der Waals surface area (Å²) in [4.78, 5) is 0. The lowest BCUT2D eigenvalue weighted by Crippen LogP contribution is -2.03. The summed E-state index contributed by atoms with van der Waals surface area (Å²) in [5.74, 6) is 0.454. The molecule has 2 aromatic carbocycles. The number of hydrogen-bond donors (Lipinski definition) is 0. The highest BCUT2D eigenvalue weighted by atomic mass is 19.4. The third-order valence-electron chi connectivity index (χ3n) is 3.12. The smallest absolute Gasteiger partial charge is 0.416 e. The van der Waals surface area contributed by atoms with Crippen molar-refractivity contribution in [1.29, 1.82) is 0 Å². The summed E-state index contributed by atoms with van der Waals surface area (Å²) in [6.45, 7) is 0. The van der Waals surface area contributed by atoms with Crippen molar-refractivity contribution in [3.05, 3.63) is 71.6 Å². The molecule has 0 fully saturated rings. The topological polar surface area (TPSA) is 38.9 Å². The molecule has 0 aliphatic carbocycles. The highest BCUT2D eigenvalue weighted by Crippen LogP contribution is 2.30. The zero-order valence-corrected chi connectivity index (χ0v) is 11.8. The quantitative estimate of drug-likeness (QED) is 0.688. The van der Waals surface area contributed by atoms with Crippen LogP contribution in [-0.2, 0) is 6.18 Å². The van der Waals surface area contributed by atoms with E-state index >= 15 is 0 Å². The minimum atomic E-state index is -4.36. The van der Waals surface area contributed by atoms with E-state index in [1.807, 2.05) is 36.4 Å². The van der Waals surface area contributed by atoms with Gasteiger partial charge in [0.1, 0.15) is 0 Å². The molecule has 0 aliphatic heterocycles. The van der Waals surface area contributed by atoms with Crippen molar-refractivity contribution in [3.63, 3.8) is 0 Å². The molecule has 3 aromatic rings. The van der Waals surface area contributed by atoms with Gasteiger partial charge in [-0.3, -0.25) is 0 Å². The average Bonchev–Trinajstić information content (AvgIpc) is 3.02. The molecule has 1 heterocycles. The van der Waals surface area contributed by atoms with E-state index < -0.39 is 11.7 Å². The minimum Gasteiger partial charge on any atom is -0.417 e. The third-order valence-corrected chi connectivity index (χ3v) is 3.12. The largest absolute Gasteiger partial charge is 0.417 e. The lowest BCUT2D eigenvalue weighted by atomic mass is 10.1. The lowest BCUT2D eigenvalue weighted by molar-refractivity contribution is -0.137. The van der Waals surface area contributed by atoms with E-state index in [2.05, 4.69) is 10.2 Å². The Bertz CT molecular complexity index is 806. The van der Waals surface area contributed by atoms with Crippen LogP contribution in [0.5, 0.6) is 0 Å². The van der Waals surface area contributed by atoms with Crippen molar-refractivity contribution < 1.29 is 17.6 Å². The van der Waals surface area contributed by atoms with E-state index in [0.717, 1.165) is 17.7 Å². The molecule has 0 aliphatic rings. The first-order valence-electron chi connectivity index (χ1n) is 6.77. The molecule has 0 spiro atoms. The Morgan fingerprint density at radius 2 is 1.52 bits per heavy atom. The fourth-order valence-electron chi connectivity index (χ4n) is 1.95. The fraction of sp³-hybridized carbons (Fsp3) is 0.0588. The molecule has 0 saturated carbocycles. The monoisotopic (exact) mass is 316 g/mol. The number of halogens is 3. The molecule has 116 valence electrons. The van der Waals surface area contributed by atoms with Crippen LogP contribution in [0.4, 0.5) is 13.2 Å². The Balaban J connectivity index is 1.78.